The molecule has 132 valence electrons. The van der Waals surface area contributed by atoms with E-state index in [4.69, 9.17) is 14.5 Å². The number of carbonyl (C=O) groups excluding carboxylic acids is 1. The average Bonchev–Trinajstić information content (AvgIpc) is 3.22. The van der Waals surface area contributed by atoms with Gasteiger partial charge >= 0.3 is 12.6 Å². The predicted octanol–water partition coefficient (Wildman–Crippen LogP) is 2.67. The van der Waals surface area contributed by atoms with Crippen LogP contribution in [-0.4, -0.2) is 31.8 Å². The van der Waals surface area contributed by atoms with Crippen molar-refractivity contribution < 1.29 is 32.8 Å². The highest BCUT2D eigenvalue weighted by Gasteiger charge is 2.26. The van der Waals surface area contributed by atoms with Crippen molar-refractivity contribution in [2.45, 2.75) is 38.3 Å². The summed E-state index contributed by atoms with van der Waals surface area (Å²) in [7, 11) is 0. The SMILES string of the molecule is O=C(OOc1ccc(OC(F)F)c(OCC2CC2)c1)C1CCCN1. The summed E-state index contributed by atoms with van der Waals surface area (Å²) in [5.74, 6) is 0.159. The van der Waals surface area contributed by atoms with Crippen molar-refractivity contribution >= 4 is 5.97 Å². The van der Waals surface area contributed by atoms with Crippen LogP contribution in [0.25, 0.3) is 0 Å². The number of hydrogen-bond donors (Lipinski definition) is 1. The van der Waals surface area contributed by atoms with Gasteiger partial charge in [0.25, 0.3) is 0 Å². The summed E-state index contributed by atoms with van der Waals surface area (Å²) >= 11 is 0. The number of rotatable bonds is 8. The van der Waals surface area contributed by atoms with Crippen molar-refractivity contribution in [1.82, 2.24) is 5.32 Å². The molecule has 1 unspecified atom stereocenters. The molecule has 1 aromatic carbocycles. The second-order valence-corrected chi connectivity index (χ2v) is 5.88. The van der Waals surface area contributed by atoms with E-state index < -0.39 is 12.6 Å². The Kier molecular flexibility index (Phi) is 5.34. The van der Waals surface area contributed by atoms with Crippen LogP contribution >= 0.6 is 0 Å². The van der Waals surface area contributed by atoms with Crippen molar-refractivity contribution in [1.29, 1.82) is 0 Å². The molecule has 3 rings (SSSR count). The first-order valence-corrected chi connectivity index (χ1v) is 7.95. The standard InChI is InChI=1S/C16H19F2NO5/c17-16(18)22-13-6-5-11(8-14(13)21-9-10-3-4-10)23-24-15(20)12-2-1-7-19-12/h5-6,8,10,12,16,19H,1-4,7,9H2. The molecule has 8 heteroatoms. The van der Waals surface area contributed by atoms with Gasteiger partial charge in [-0.05, 0) is 50.3 Å². The summed E-state index contributed by atoms with van der Waals surface area (Å²) in [5.41, 5.74) is 0. The molecule has 1 saturated heterocycles. The number of halogens is 2. The minimum Gasteiger partial charge on any atom is -0.489 e. The fourth-order valence-corrected chi connectivity index (χ4v) is 2.37. The average molecular weight is 343 g/mol. The largest absolute Gasteiger partial charge is 0.489 e. The minimum atomic E-state index is -2.95. The Labute approximate surface area is 137 Å². The minimum absolute atomic E-state index is 0.0817. The number of benzene rings is 1. The quantitative estimate of drug-likeness (QED) is 0.578. The van der Waals surface area contributed by atoms with Gasteiger partial charge in [-0.2, -0.15) is 8.78 Å². The number of alkyl halides is 2. The van der Waals surface area contributed by atoms with E-state index in [1.54, 1.807) is 0 Å². The van der Waals surface area contributed by atoms with E-state index in [1.807, 2.05) is 0 Å². The van der Waals surface area contributed by atoms with Crippen LogP contribution in [0, 0.1) is 5.92 Å². The molecule has 1 heterocycles. The molecule has 2 aliphatic rings. The van der Waals surface area contributed by atoms with Crippen LogP contribution in [0.15, 0.2) is 18.2 Å². The first kappa shape index (κ1) is 16.8. The molecule has 1 aliphatic carbocycles. The maximum Gasteiger partial charge on any atom is 0.387 e. The van der Waals surface area contributed by atoms with Crippen molar-refractivity contribution in [3.05, 3.63) is 18.2 Å². The summed E-state index contributed by atoms with van der Waals surface area (Å²) in [4.78, 5) is 21.5. The fraction of sp³-hybridized carbons (Fsp3) is 0.562. The van der Waals surface area contributed by atoms with Crippen LogP contribution in [0.4, 0.5) is 8.78 Å². The van der Waals surface area contributed by atoms with Gasteiger partial charge in [0.05, 0.1) is 6.61 Å². The zero-order valence-corrected chi connectivity index (χ0v) is 13.0. The van der Waals surface area contributed by atoms with E-state index in [0.29, 0.717) is 18.9 Å². The van der Waals surface area contributed by atoms with Gasteiger partial charge in [0.15, 0.2) is 17.2 Å². The molecule has 1 atom stereocenters. The maximum absolute atomic E-state index is 12.5. The first-order valence-electron chi connectivity index (χ1n) is 7.95. The first-order chi connectivity index (χ1) is 11.6. The lowest BCUT2D eigenvalue weighted by Gasteiger charge is -2.14. The van der Waals surface area contributed by atoms with Crippen molar-refractivity contribution in [3.8, 4) is 17.2 Å². The second kappa shape index (κ2) is 7.65. The second-order valence-electron chi connectivity index (χ2n) is 5.88. The predicted molar refractivity (Wildman–Crippen MR) is 79.0 cm³/mol. The molecule has 2 fully saturated rings. The molecule has 24 heavy (non-hydrogen) atoms. The van der Waals surface area contributed by atoms with Crippen molar-refractivity contribution in [2.75, 3.05) is 13.2 Å². The van der Waals surface area contributed by atoms with Crippen LogP contribution in [0.3, 0.4) is 0 Å². The Hall–Kier alpha value is -2.09. The van der Waals surface area contributed by atoms with Crippen LogP contribution < -0.4 is 19.7 Å². The Morgan fingerprint density at radius 2 is 2.08 bits per heavy atom. The van der Waals surface area contributed by atoms with Crippen molar-refractivity contribution in [2.24, 2.45) is 5.92 Å². The summed E-state index contributed by atoms with van der Waals surface area (Å²) in [6, 6.07) is 3.66. The summed E-state index contributed by atoms with van der Waals surface area (Å²) in [6.45, 7) is -1.76. The van der Waals surface area contributed by atoms with Gasteiger partial charge in [0, 0.05) is 6.07 Å². The molecule has 0 radical (unpaired) electrons. The summed E-state index contributed by atoms with van der Waals surface area (Å²) in [6.07, 6.45) is 3.72. The normalized spacial score (nSPS) is 20.0. The lowest BCUT2D eigenvalue weighted by Crippen LogP contribution is -2.33. The highest BCUT2D eigenvalue weighted by Crippen LogP contribution is 2.36. The van der Waals surface area contributed by atoms with Gasteiger partial charge in [0.1, 0.15) is 6.04 Å². The highest BCUT2D eigenvalue weighted by atomic mass is 19.3. The Morgan fingerprint density at radius 1 is 1.25 bits per heavy atom. The molecule has 0 amide bonds. The van der Waals surface area contributed by atoms with Gasteiger partial charge in [-0.1, -0.05) is 0 Å². The van der Waals surface area contributed by atoms with Gasteiger partial charge in [-0.25, -0.2) is 9.68 Å². The third-order valence-electron chi connectivity index (χ3n) is 3.87. The fourth-order valence-electron chi connectivity index (χ4n) is 2.37. The van der Waals surface area contributed by atoms with E-state index in [-0.39, 0.29) is 23.3 Å². The molecule has 0 aromatic heterocycles. The van der Waals surface area contributed by atoms with Crippen LogP contribution in [0.5, 0.6) is 17.2 Å². The third kappa shape index (κ3) is 4.70. The Bertz CT molecular complexity index is 574. The van der Waals surface area contributed by atoms with Gasteiger partial charge < -0.3 is 14.8 Å². The van der Waals surface area contributed by atoms with Crippen LogP contribution in [0.2, 0.25) is 0 Å². The number of nitrogens with one attached hydrogen (secondary N) is 1. The molecule has 1 aliphatic heterocycles. The van der Waals surface area contributed by atoms with Crippen LogP contribution in [0.1, 0.15) is 25.7 Å². The topological polar surface area (TPSA) is 66.0 Å². The van der Waals surface area contributed by atoms with Gasteiger partial charge in [-0.3, -0.25) is 4.89 Å². The zero-order chi connectivity index (χ0) is 16.9. The monoisotopic (exact) mass is 343 g/mol. The van der Waals surface area contributed by atoms with E-state index in [0.717, 1.165) is 25.8 Å². The number of ether oxygens (including phenoxy) is 2. The molecular formula is C16H19F2NO5. The number of carbonyl (C=O) groups is 1. The van der Waals surface area contributed by atoms with E-state index >= 15 is 0 Å². The molecule has 1 N–H and O–H groups in total. The molecule has 6 nitrogen and oxygen atoms in total. The van der Waals surface area contributed by atoms with E-state index in [9.17, 15) is 13.6 Å². The van der Waals surface area contributed by atoms with Crippen LogP contribution in [-0.2, 0) is 9.68 Å². The highest BCUT2D eigenvalue weighted by molar-refractivity contribution is 5.75. The zero-order valence-electron chi connectivity index (χ0n) is 13.0. The Morgan fingerprint density at radius 3 is 2.75 bits per heavy atom. The lowest BCUT2D eigenvalue weighted by atomic mass is 10.2. The lowest BCUT2D eigenvalue weighted by molar-refractivity contribution is -0.215. The maximum atomic E-state index is 12.5. The third-order valence-corrected chi connectivity index (χ3v) is 3.87. The summed E-state index contributed by atoms with van der Waals surface area (Å²) in [5, 5.41) is 2.99. The molecular weight excluding hydrogens is 324 g/mol. The molecule has 0 spiro atoms. The summed E-state index contributed by atoms with van der Waals surface area (Å²) < 4.78 is 34.9. The van der Waals surface area contributed by atoms with Gasteiger partial charge in [-0.15, -0.1) is 0 Å². The van der Waals surface area contributed by atoms with Gasteiger partial charge in [0.2, 0.25) is 0 Å². The number of hydrogen-bond acceptors (Lipinski definition) is 6. The van der Waals surface area contributed by atoms with Crippen molar-refractivity contribution in [3.63, 3.8) is 0 Å². The molecule has 0 bridgehead atoms. The van der Waals surface area contributed by atoms with E-state index in [2.05, 4.69) is 10.1 Å². The smallest absolute Gasteiger partial charge is 0.387 e. The molecule has 1 saturated carbocycles. The van der Waals surface area contributed by atoms with E-state index in [1.165, 1.54) is 18.2 Å². The Balaban J connectivity index is 1.61. The molecule has 1 aromatic rings.